The minimum Gasteiger partial charge on any atom is -0.330 e. The molecule has 4 heteroatoms. The first-order chi connectivity index (χ1) is 9.56. The molecule has 1 amide bonds. The van der Waals surface area contributed by atoms with Gasteiger partial charge in [-0.05, 0) is 49.9 Å². The molecule has 3 nitrogen and oxygen atoms in total. The van der Waals surface area contributed by atoms with Crippen molar-refractivity contribution in [2.45, 2.75) is 46.0 Å². The lowest BCUT2D eigenvalue weighted by Gasteiger charge is -2.15. The predicted molar refractivity (Wildman–Crippen MR) is 86.1 cm³/mol. The van der Waals surface area contributed by atoms with Crippen LogP contribution in [-0.2, 0) is 4.79 Å². The van der Waals surface area contributed by atoms with Gasteiger partial charge in [0.05, 0.1) is 0 Å². The number of amides is 1. The summed E-state index contributed by atoms with van der Waals surface area (Å²) in [6.07, 6.45) is 4.71. The highest BCUT2D eigenvalue weighted by atomic mass is 35.5. The van der Waals surface area contributed by atoms with Gasteiger partial charge >= 0.3 is 0 Å². The van der Waals surface area contributed by atoms with Crippen molar-refractivity contribution in [2.24, 2.45) is 11.7 Å². The maximum atomic E-state index is 12.0. The van der Waals surface area contributed by atoms with Crippen molar-refractivity contribution in [1.82, 2.24) is 0 Å². The van der Waals surface area contributed by atoms with Crippen molar-refractivity contribution >= 4 is 23.2 Å². The Bertz CT molecular complexity index is 428. The van der Waals surface area contributed by atoms with Gasteiger partial charge in [0, 0.05) is 17.1 Å². The summed E-state index contributed by atoms with van der Waals surface area (Å²) in [6, 6.07) is 5.52. The van der Waals surface area contributed by atoms with Crippen molar-refractivity contribution in [1.29, 1.82) is 0 Å². The van der Waals surface area contributed by atoms with E-state index in [4.69, 9.17) is 17.3 Å². The molecule has 1 aromatic carbocycles. The molecule has 3 N–H and O–H groups in total. The number of carbonyl (C=O) groups excluding carboxylic acids is 1. The average Bonchev–Trinajstić information content (AvgIpc) is 2.41. The topological polar surface area (TPSA) is 55.1 Å². The van der Waals surface area contributed by atoms with Gasteiger partial charge in [-0.2, -0.15) is 0 Å². The van der Waals surface area contributed by atoms with Gasteiger partial charge in [0.1, 0.15) is 0 Å². The lowest BCUT2D eigenvalue weighted by Crippen LogP contribution is -2.15. The highest BCUT2D eigenvalue weighted by Crippen LogP contribution is 2.21. The maximum absolute atomic E-state index is 12.0. The number of rotatable bonds is 8. The molecule has 1 atom stereocenters. The highest BCUT2D eigenvalue weighted by molar-refractivity contribution is 6.31. The van der Waals surface area contributed by atoms with E-state index in [1.165, 1.54) is 0 Å². The zero-order chi connectivity index (χ0) is 15.0. The van der Waals surface area contributed by atoms with Gasteiger partial charge in [-0.1, -0.05) is 37.4 Å². The molecular formula is C16H25ClN2O. The van der Waals surface area contributed by atoms with Gasteiger partial charge in [0.2, 0.25) is 5.91 Å². The van der Waals surface area contributed by atoms with Crippen molar-refractivity contribution < 1.29 is 4.79 Å². The van der Waals surface area contributed by atoms with Crippen LogP contribution >= 0.6 is 11.6 Å². The molecule has 1 unspecified atom stereocenters. The highest BCUT2D eigenvalue weighted by Gasteiger charge is 2.11. The van der Waals surface area contributed by atoms with Crippen LogP contribution in [0, 0.1) is 12.8 Å². The van der Waals surface area contributed by atoms with Crippen LogP contribution in [0.3, 0.4) is 0 Å². The molecule has 0 saturated heterocycles. The third-order valence-electron chi connectivity index (χ3n) is 3.53. The zero-order valence-corrected chi connectivity index (χ0v) is 13.2. The fraction of sp³-hybridized carbons (Fsp3) is 0.562. The lowest BCUT2D eigenvalue weighted by molar-refractivity contribution is -0.116. The standard InChI is InChI=1S/C16H25ClN2O/c1-3-4-13(9-10-18)6-8-16(20)19-15-11-14(17)7-5-12(15)2/h5,7,11,13H,3-4,6,8-10,18H2,1-2H3,(H,19,20). The van der Waals surface area contributed by atoms with Gasteiger partial charge in [0.25, 0.3) is 0 Å². The summed E-state index contributed by atoms with van der Waals surface area (Å²) in [6.45, 7) is 4.82. The molecule has 0 fully saturated rings. The van der Waals surface area contributed by atoms with Crippen molar-refractivity contribution in [3.05, 3.63) is 28.8 Å². The second-order valence-corrected chi connectivity index (χ2v) is 5.71. The van der Waals surface area contributed by atoms with E-state index in [1.54, 1.807) is 6.07 Å². The Kier molecular flexibility index (Phi) is 7.63. The van der Waals surface area contributed by atoms with Crippen molar-refractivity contribution in [3.8, 4) is 0 Å². The largest absolute Gasteiger partial charge is 0.330 e. The van der Waals surface area contributed by atoms with Crippen molar-refractivity contribution in [3.63, 3.8) is 0 Å². The van der Waals surface area contributed by atoms with Crippen LogP contribution in [0.1, 0.15) is 44.6 Å². The first kappa shape index (κ1) is 17.0. The average molecular weight is 297 g/mol. The Morgan fingerprint density at radius 3 is 2.75 bits per heavy atom. The SMILES string of the molecule is CCCC(CCN)CCC(=O)Nc1cc(Cl)ccc1C. The summed E-state index contributed by atoms with van der Waals surface area (Å²) >= 11 is 5.95. The molecule has 0 saturated carbocycles. The van der Waals surface area contributed by atoms with Crippen LogP contribution in [0.2, 0.25) is 5.02 Å². The van der Waals surface area contributed by atoms with E-state index in [0.717, 1.165) is 36.9 Å². The number of hydrogen-bond acceptors (Lipinski definition) is 2. The Labute approximate surface area is 126 Å². The fourth-order valence-corrected chi connectivity index (χ4v) is 2.53. The summed E-state index contributed by atoms with van der Waals surface area (Å²) in [4.78, 5) is 12.0. The molecule has 0 aromatic heterocycles. The van der Waals surface area contributed by atoms with Crippen LogP contribution in [0.25, 0.3) is 0 Å². The Morgan fingerprint density at radius 1 is 1.35 bits per heavy atom. The third kappa shape index (κ3) is 5.93. The van der Waals surface area contributed by atoms with Crippen LogP contribution in [0.15, 0.2) is 18.2 Å². The van der Waals surface area contributed by atoms with E-state index < -0.39 is 0 Å². The molecule has 0 spiro atoms. The summed E-state index contributed by atoms with van der Waals surface area (Å²) in [5, 5.41) is 3.57. The zero-order valence-electron chi connectivity index (χ0n) is 12.4. The van der Waals surface area contributed by atoms with Gasteiger partial charge < -0.3 is 11.1 Å². The van der Waals surface area contributed by atoms with Gasteiger partial charge in [-0.15, -0.1) is 0 Å². The van der Waals surface area contributed by atoms with E-state index in [0.29, 0.717) is 23.9 Å². The number of nitrogens with one attached hydrogen (secondary N) is 1. The summed E-state index contributed by atoms with van der Waals surface area (Å²) in [5.74, 6) is 0.602. The predicted octanol–water partition coefficient (Wildman–Crippen LogP) is 4.13. The molecule has 0 radical (unpaired) electrons. The fourth-order valence-electron chi connectivity index (χ4n) is 2.35. The number of aryl methyl sites for hydroxylation is 1. The smallest absolute Gasteiger partial charge is 0.224 e. The maximum Gasteiger partial charge on any atom is 0.224 e. The van der Waals surface area contributed by atoms with Crippen LogP contribution in [0.5, 0.6) is 0 Å². The molecule has 1 rings (SSSR count). The second kappa shape index (κ2) is 8.98. The molecule has 0 aliphatic rings. The monoisotopic (exact) mass is 296 g/mol. The Hall–Kier alpha value is -1.06. The van der Waals surface area contributed by atoms with E-state index in [-0.39, 0.29) is 5.91 Å². The Balaban J connectivity index is 2.48. The summed E-state index contributed by atoms with van der Waals surface area (Å²) in [7, 11) is 0. The molecule has 112 valence electrons. The molecule has 1 aromatic rings. The minimum absolute atomic E-state index is 0.0495. The molecule has 0 aliphatic heterocycles. The first-order valence-electron chi connectivity index (χ1n) is 7.32. The molecule has 20 heavy (non-hydrogen) atoms. The summed E-state index contributed by atoms with van der Waals surface area (Å²) in [5.41, 5.74) is 7.43. The number of carbonyl (C=O) groups is 1. The molecule has 0 bridgehead atoms. The first-order valence-corrected chi connectivity index (χ1v) is 7.70. The summed E-state index contributed by atoms with van der Waals surface area (Å²) < 4.78 is 0. The minimum atomic E-state index is 0.0495. The van der Waals surface area contributed by atoms with Gasteiger partial charge in [-0.3, -0.25) is 4.79 Å². The van der Waals surface area contributed by atoms with Crippen LogP contribution < -0.4 is 11.1 Å². The number of halogens is 1. The molecule has 0 heterocycles. The van der Waals surface area contributed by atoms with Crippen LogP contribution in [-0.4, -0.2) is 12.5 Å². The number of anilines is 1. The van der Waals surface area contributed by atoms with Crippen molar-refractivity contribution in [2.75, 3.05) is 11.9 Å². The third-order valence-corrected chi connectivity index (χ3v) is 3.76. The normalized spacial score (nSPS) is 12.2. The van der Waals surface area contributed by atoms with Crippen LogP contribution in [0.4, 0.5) is 5.69 Å². The lowest BCUT2D eigenvalue weighted by atomic mass is 9.94. The van der Waals surface area contributed by atoms with E-state index >= 15 is 0 Å². The number of benzene rings is 1. The molecule has 0 aliphatic carbocycles. The quantitative estimate of drug-likeness (QED) is 0.758. The van der Waals surface area contributed by atoms with Gasteiger partial charge in [0.15, 0.2) is 0 Å². The van der Waals surface area contributed by atoms with E-state index in [2.05, 4.69) is 12.2 Å². The molecular weight excluding hydrogens is 272 g/mol. The second-order valence-electron chi connectivity index (χ2n) is 5.28. The van der Waals surface area contributed by atoms with E-state index in [1.807, 2.05) is 19.1 Å². The number of nitrogens with two attached hydrogens (primary N) is 1. The Morgan fingerprint density at radius 2 is 2.10 bits per heavy atom. The van der Waals surface area contributed by atoms with E-state index in [9.17, 15) is 4.79 Å². The van der Waals surface area contributed by atoms with Gasteiger partial charge in [-0.25, -0.2) is 0 Å². The number of hydrogen-bond donors (Lipinski definition) is 2.